The van der Waals surface area contributed by atoms with Gasteiger partial charge in [0.25, 0.3) is 0 Å². The third-order valence-electron chi connectivity index (χ3n) is 4.71. The molecular weight excluding hydrogens is 424 g/mol. The summed E-state index contributed by atoms with van der Waals surface area (Å²) in [5.41, 5.74) is 1.17. The van der Waals surface area contributed by atoms with Gasteiger partial charge in [-0.05, 0) is 49.7 Å². The molecule has 1 heterocycles. The fourth-order valence-corrected chi connectivity index (χ4v) is 4.24. The Bertz CT molecular complexity index is 939. The standard InChI is InChI=1S/C22H23F2N3O3S/c1-3-14(2)27-20(29)18(13-19(28)25-15-7-5-4-6-8-15)31-22(27)26-16-9-11-17(12-10-16)30-21(23)24/h4-12,14,18,21H,3,13H2,1-2H3,(H,25,28)/t14-,18-/m0/s1. The van der Waals surface area contributed by atoms with Crippen molar-refractivity contribution in [2.75, 3.05) is 5.32 Å². The minimum atomic E-state index is -2.90. The number of halogens is 2. The maximum Gasteiger partial charge on any atom is 0.387 e. The van der Waals surface area contributed by atoms with Gasteiger partial charge >= 0.3 is 6.61 Å². The number of amides is 2. The first-order chi connectivity index (χ1) is 14.9. The molecule has 6 nitrogen and oxygen atoms in total. The highest BCUT2D eigenvalue weighted by Gasteiger charge is 2.41. The highest BCUT2D eigenvalue weighted by molar-refractivity contribution is 8.15. The van der Waals surface area contributed by atoms with E-state index in [9.17, 15) is 18.4 Å². The predicted molar refractivity (Wildman–Crippen MR) is 118 cm³/mol. The number of rotatable bonds is 8. The molecule has 2 amide bonds. The van der Waals surface area contributed by atoms with E-state index >= 15 is 0 Å². The number of thioether (sulfide) groups is 1. The fraction of sp³-hybridized carbons (Fsp3) is 0.318. The lowest BCUT2D eigenvalue weighted by Crippen LogP contribution is -2.39. The number of benzene rings is 2. The molecule has 0 radical (unpaired) electrons. The molecule has 1 N–H and O–H groups in total. The highest BCUT2D eigenvalue weighted by atomic mass is 32.2. The van der Waals surface area contributed by atoms with Crippen molar-refractivity contribution in [3.8, 4) is 5.75 Å². The molecule has 0 aromatic heterocycles. The average Bonchev–Trinajstić information content (AvgIpc) is 3.03. The first kappa shape index (κ1) is 22.7. The third kappa shape index (κ3) is 6.04. The maximum atomic E-state index is 13.0. The Hall–Kier alpha value is -2.94. The topological polar surface area (TPSA) is 71.0 Å². The van der Waals surface area contributed by atoms with Crippen molar-refractivity contribution in [1.29, 1.82) is 0 Å². The van der Waals surface area contributed by atoms with E-state index in [1.807, 2.05) is 32.0 Å². The lowest BCUT2D eigenvalue weighted by atomic mass is 10.2. The molecule has 0 unspecified atom stereocenters. The van der Waals surface area contributed by atoms with Crippen molar-refractivity contribution in [3.63, 3.8) is 0 Å². The van der Waals surface area contributed by atoms with Gasteiger partial charge in [-0.2, -0.15) is 8.78 Å². The maximum absolute atomic E-state index is 13.0. The summed E-state index contributed by atoms with van der Waals surface area (Å²) >= 11 is 1.23. The molecule has 2 aromatic carbocycles. The highest BCUT2D eigenvalue weighted by Crippen LogP contribution is 2.34. The molecule has 1 aliphatic heterocycles. The third-order valence-corrected chi connectivity index (χ3v) is 5.86. The number of ether oxygens (including phenoxy) is 1. The Morgan fingerprint density at radius 3 is 2.48 bits per heavy atom. The summed E-state index contributed by atoms with van der Waals surface area (Å²) in [4.78, 5) is 31.6. The lowest BCUT2D eigenvalue weighted by molar-refractivity contribution is -0.129. The number of hydrogen-bond donors (Lipinski definition) is 1. The van der Waals surface area contributed by atoms with Crippen LogP contribution in [0.25, 0.3) is 0 Å². The van der Waals surface area contributed by atoms with Crippen LogP contribution in [0.2, 0.25) is 0 Å². The van der Waals surface area contributed by atoms with Gasteiger partial charge in [0.15, 0.2) is 5.17 Å². The molecular formula is C22H23F2N3O3S. The van der Waals surface area contributed by atoms with Gasteiger partial charge < -0.3 is 10.1 Å². The lowest BCUT2D eigenvalue weighted by Gasteiger charge is -2.23. The van der Waals surface area contributed by atoms with Gasteiger partial charge in [-0.25, -0.2) is 4.99 Å². The number of carbonyl (C=O) groups excluding carboxylic acids is 2. The average molecular weight is 448 g/mol. The van der Waals surface area contributed by atoms with Crippen molar-refractivity contribution in [2.45, 2.75) is 44.6 Å². The second-order valence-electron chi connectivity index (χ2n) is 6.96. The Balaban J connectivity index is 1.75. The Morgan fingerprint density at radius 1 is 1.19 bits per heavy atom. The summed E-state index contributed by atoms with van der Waals surface area (Å²) in [6, 6.07) is 14.8. The number of hydrogen-bond acceptors (Lipinski definition) is 5. The van der Waals surface area contributed by atoms with Gasteiger partial charge in [-0.1, -0.05) is 36.9 Å². The van der Waals surface area contributed by atoms with Crippen LogP contribution < -0.4 is 10.1 Å². The van der Waals surface area contributed by atoms with Gasteiger partial charge in [-0.3, -0.25) is 14.5 Å². The molecule has 2 aromatic rings. The number of alkyl halides is 2. The minimum Gasteiger partial charge on any atom is -0.435 e. The number of carbonyl (C=O) groups is 2. The van der Waals surface area contributed by atoms with E-state index in [0.29, 0.717) is 16.5 Å². The van der Waals surface area contributed by atoms with E-state index in [0.717, 1.165) is 6.42 Å². The summed E-state index contributed by atoms with van der Waals surface area (Å²) in [7, 11) is 0. The van der Waals surface area contributed by atoms with E-state index in [4.69, 9.17) is 0 Å². The minimum absolute atomic E-state index is 0.0194. The van der Waals surface area contributed by atoms with Crippen LogP contribution in [-0.2, 0) is 9.59 Å². The second-order valence-corrected chi connectivity index (χ2v) is 8.13. The fourth-order valence-electron chi connectivity index (χ4n) is 3.00. The van der Waals surface area contributed by atoms with Crippen LogP contribution in [0.1, 0.15) is 26.7 Å². The van der Waals surface area contributed by atoms with Crippen molar-refractivity contribution in [3.05, 3.63) is 54.6 Å². The van der Waals surface area contributed by atoms with Gasteiger partial charge in [0, 0.05) is 18.2 Å². The van der Waals surface area contributed by atoms with Gasteiger partial charge in [0.05, 0.1) is 5.69 Å². The van der Waals surface area contributed by atoms with Gasteiger partial charge in [0.1, 0.15) is 11.0 Å². The van der Waals surface area contributed by atoms with Crippen LogP contribution in [-0.4, -0.2) is 39.8 Å². The van der Waals surface area contributed by atoms with E-state index in [-0.39, 0.29) is 30.0 Å². The van der Waals surface area contributed by atoms with Crippen LogP contribution >= 0.6 is 11.8 Å². The van der Waals surface area contributed by atoms with Crippen molar-refractivity contribution >= 4 is 40.1 Å². The summed E-state index contributed by atoms with van der Waals surface area (Å²) in [5.74, 6) is -0.391. The zero-order chi connectivity index (χ0) is 22.4. The Morgan fingerprint density at radius 2 is 1.87 bits per heavy atom. The molecule has 31 heavy (non-hydrogen) atoms. The molecule has 3 rings (SSSR count). The van der Waals surface area contributed by atoms with Crippen LogP contribution in [0.3, 0.4) is 0 Å². The van der Waals surface area contributed by atoms with Gasteiger partial charge in [0.2, 0.25) is 11.8 Å². The van der Waals surface area contributed by atoms with E-state index in [1.165, 1.54) is 23.9 Å². The quantitative estimate of drug-likeness (QED) is 0.615. The number of para-hydroxylation sites is 1. The Kier molecular flexibility index (Phi) is 7.62. The number of anilines is 1. The first-order valence-electron chi connectivity index (χ1n) is 9.85. The monoisotopic (exact) mass is 447 g/mol. The molecule has 1 saturated heterocycles. The zero-order valence-corrected chi connectivity index (χ0v) is 17.9. The van der Waals surface area contributed by atoms with Crippen LogP contribution in [0.4, 0.5) is 20.2 Å². The molecule has 1 fully saturated rings. The van der Waals surface area contributed by atoms with Crippen LogP contribution in [0.15, 0.2) is 59.6 Å². The van der Waals surface area contributed by atoms with E-state index in [2.05, 4.69) is 15.0 Å². The van der Waals surface area contributed by atoms with E-state index in [1.54, 1.807) is 29.2 Å². The number of amidine groups is 1. The largest absolute Gasteiger partial charge is 0.435 e. The molecule has 0 aliphatic carbocycles. The molecule has 0 saturated carbocycles. The van der Waals surface area contributed by atoms with E-state index < -0.39 is 11.9 Å². The predicted octanol–water partition coefficient (Wildman–Crippen LogP) is 5.05. The van der Waals surface area contributed by atoms with Crippen molar-refractivity contribution < 1.29 is 23.1 Å². The van der Waals surface area contributed by atoms with Crippen LogP contribution in [0, 0.1) is 0 Å². The SMILES string of the molecule is CC[C@H](C)N1C(=O)[C@H](CC(=O)Nc2ccccc2)SC1=Nc1ccc(OC(F)F)cc1. The number of aliphatic imine (C=N–C) groups is 1. The summed E-state index contributed by atoms with van der Waals surface area (Å²) in [5, 5.41) is 2.70. The summed E-state index contributed by atoms with van der Waals surface area (Å²) < 4.78 is 29.0. The van der Waals surface area contributed by atoms with Crippen LogP contribution in [0.5, 0.6) is 5.75 Å². The van der Waals surface area contributed by atoms with Crippen molar-refractivity contribution in [2.24, 2.45) is 4.99 Å². The molecule has 1 aliphatic rings. The summed E-state index contributed by atoms with van der Waals surface area (Å²) in [6.07, 6.45) is 0.737. The van der Waals surface area contributed by atoms with Crippen molar-refractivity contribution in [1.82, 2.24) is 4.90 Å². The Labute approximate surface area is 183 Å². The molecule has 164 valence electrons. The first-order valence-corrected chi connectivity index (χ1v) is 10.7. The molecule has 2 atom stereocenters. The smallest absolute Gasteiger partial charge is 0.387 e. The zero-order valence-electron chi connectivity index (χ0n) is 17.1. The number of nitrogens with zero attached hydrogens (tertiary/aromatic N) is 2. The molecule has 9 heteroatoms. The second kappa shape index (κ2) is 10.4. The molecule has 0 spiro atoms. The van der Waals surface area contributed by atoms with Gasteiger partial charge in [-0.15, -0.1) is 0 Å². The number of nitrogens with one attached hydrogen (secondary N) is 1. The molecule has 0 bridgehead atoms. The summed E-state index contributed by atoms with van der Waals surface area (Å²) in [6.45, 7) is 0.982. The normalized spacial score (nSPS) is 18.5.